The summed E-state index contributed by atoms with van der Waals surface area (Å²) in [5, 5.41) is 0. The zero-order valence-corrected chi connectivity index (χ0v) is 11.6. The highest BCUT2D eigenvalue weighted by Gasteiger charge is 2.30. The zero-order valence-electron chi connectivity index (χ0n) is 11.6. The summed E-state index contributed by atoms with van der Waals surface area (Å²) in [6.45, 7) is 0.588. The van der Waals surface area contributed by atoms with Gasteiger partial charge in [-0.2, -0.15) is 13.2 Å². The summed E-state index contributed by atoms with van der Waals surface area (Å²) in [5.41, 5.74) is 4.84. The molecule has 0 aliphatic carbocycles. The maximum atomic E-state index is 12.5. The molecule has 1 aromatic rings. The third kappa shape index (κ3) is 3.97. The van der Waals surface area contributed by atoms with Gasteiger partial charge in [0.15, 0.2) is 6.10 Å². The summed E-state index contributed by atoms with van der Waals surface area (Å²) in [6.07, 6.45) is -5.28. The van der Waals surface area contributed by atoms with Crippen LogP contribution in [-0.2, 0) is 26.9 Å². The SMILES string of the molecule is NC(=O)C1CN(C(=O)Cc2ccc(C(F)(F)F)cc2)CCO1. The summed E-state index contributed by atoms with van der Waals surface area (Å²) < 4.78 is 42.5. The molecule has 2 rings (SSSR count). The Labute approximate surface area is 124 Å². The standard InChI is InChI=1S/C14H15F3N2O3/c15-14(16,17)10-3-1-9(2-4-10)7-12(20)19-5-6-22-11(8-19)13(18)21/h1-4,11H,5-8H2,(H2,18,21). The molecular formula is C14H15F3N2O3. The van der Waals surface area contributed by atoms with E-state index in [1.807, 2.05) is 0 Å². The molecule has 1 heterocycles. The summed E-state index contributed by atoms with van der Waals surface area (Å²) in [6, 6.07) is 4.42. The highest BCUT2D eigenvalue weighted by atomic mass is 19.4. The summed E-state index contributed by atoms with van der Waals surface area (Å²) in [7, 11) is 0. The number of morpholine rings is 1. The summed E-state index contributed by atoms with van der Waals surface area (Å²) in [4.78, 5) is 24.6. The number of carbonyl (C=O) groups is 2. The molecule has 0 saturated carbocycles. The lowest BCUT2D eigenvalue weighted by atomic mass is 10.1. The maximum Gasteiger partial charge on any atom is 0.416 e. The van der Waals surface area contributed by atoms with E-state index >= 15 is 0 Å². The van der Waals surface area contributed by atoms with Gasteiger partial charge in [0.25, 0.3) is 0 Å². The minimum atomic E-state index is -4.40. The average Bonchev–Trinajstić information content (AvgIpc) is 2.47. The zero-order chi connectivity index (χ0) is 16.3. The van der Waals surface area contributed by atoms with Crippen molar-refractivity contribution in [3.8, 4) is 0 Å². The van der Waals surface area contributed by atoms with E-state index in [1.54, 1.807) is 0 Å². The van der Waals surface area contributed by atoms with Crippen LogP contribution < -0.4 is 5.73 Å². The fraction of sp³-hybridized carbons (Fsp3) is 0.429. The molecule has 1 fully saturated rings. The lowest BCUT2D eigenvalue weighted by Crippen LogP contribution is -2.50. The number of primary amides is 1. The van der Waals surface area contributed by atoms with Crippen molar-refractivity contribution in [1.82, 2.24) is 4.90 Å². The van der Waals surface area contributed by atoms with Crippen LogP contribution in [0.2, 0.25) is 0 Å². The number of nitrogens with two attached hydrogens (primary N) is 1. The molecule has 120 valence electrons. The fourth-order valence-corrected chi connectivity index (χ4v) is 2.15. The number of halogens is 3. The highest BCUT2D eigenvalue weighted by molar-refractivity contribution is 5.82. The van der Waals surface area contributed by atoms with E-state index in [1.165, 1.54) is 17.0 Å². The van der Waals surface area contributed by atoms with Crippen molar-refractivity contribution in [3.05, 3.63) is 35.4 Å². The van der Waals surface area contributed by atoms with Crippen LogP contribution in [0.4, 0.5) is 13.2 Å². The Morgan fingerprint density at radius 1 is 1.27 bits per heavy atom. The van der Waals surface area contributed by atoms with E-state index in [0.29, 0.717) is 12.1 Å². The lowest BCUT2D eigenvalue weighted by Gasteiger charge is -2.31. The molecule has 2 N–H and O–H groups in total. The largest absolute Gasteiger partial charge is 0.416 e. The van der Waals surface area contributed by atoms with Crippen molar-refractivity contribution in [3.63, 3.8) is 0 Å². The highest BCUT2D eigenvalue weighted by Crippen LogP contribution is 2.29. The summed E-state index contributed by atoms with van der Waals surface area (Å²) in [5.74, 6) is -0.929. The number of alkyl halides is 3. The number of amides is 2. The molecule has 1 unspecified atom stereocenters. The van der Waals surface area contributed by atoms with Gasteiger partial charge < -0.3 is 15.4 Å². The van der Waals surface area contributed by atoms with Crippen molar-refractivity contribution < 1.29 is 27.5 Å². The molecule has 0 bridgehead atoms. The van der Waals surface area contributed by atoms with Crippen LogP contribution >= 0.6 is 0 Å². The van der Waals surface area contributed by atoms with E-state index in [0.717, 1.165) is 12.1 Å². The molecule has 22 heavy (non-hydrogen) atoms. The van der Waals surface area contributed by atoms with Gasteiger partial charge in [0.2, 0.25) is 11.8 Å². The van der Waals surface area contributed by atoms with Gasteiger partial charge in [0, 0.05) is 6.54 Å². The Morgan fingerprint density at radius 3 is 2.45 bits per heavy atom. The van der Waals surface area contributed by atoms with E-state index in [4.69, 9.17) is 10.5 Å². The number of hydrogen-bond donors (Lipinski definition) is 1. The van der Waals surface area contributed by atoms with Crippen LogP contribution in [0.3, 0.4) is 0 Å². The molecule has 0 radical (unpaired) electrons. The number of rotatable bonds is 3. The second-order valence-electron chi connectivity index (χ2n) is 4.97. The lowest BCUT2D eigenvalue weighted by molar-refractivity contribution is -0.145. The number of carbonyl (C=O) groups excluding carboxylic acids is 2. The average molecular weight is 316 g/mol. The van der Waals surface area contributed by atoms with Gasteiger partial charge in [-0.25, -0.2) is 0 Å². The molecule has 1 aliphatic heterocycles. The second-order valence-corrected chi connectivity index (χ2v) is 4.97. The summed E-state index contributed by atoms with van der Waals surface area (Å²) >= 11 is 0. The van der Waals surface area contributed by atoms with E-state index < -0.39 is 23.8 Å². The topological polar surface area (TPSA) is 72.6 Å². The Balaban J connectivity index is 1.98. The molecule has 8 heteroatoms. The smallest absolute Gasteiger partial charge is 0.367 e. The first kappa shape index (κ1) is 16.3. The predicted molar refractivity (Wildman–Crippen MR) is 70.7 cm³/mol. The third-order valence-electron chi connectivity index (χ3n) is 3.37. The van der Waals surface area contributed by atoms with Gasteiger partial charge in [-0.15, -0.1) is 0 Å². The van der Waals surface area contributed by atoms with Crippen LogP contribution in [0.25, 0.3) is 0 Å². The third-order valence-corrected chi connectivity index (χ3v) is 3.37. The number of benzene rings is 1. The second kappa shape index (κ2) is 6.35. The molecule has 1 aromatic carbocycles. The predicted octanol–water partition coefficient (Wildman–Crippen LogP) is 0.961. The van der Waals surface area contributed by atoms with Crippen molar-refractivity contribution in [2.45, 2.75) is 18.7 Å². The normalized spacial score (nSPS) is 19.0. The number of hydrogen-bond acceptors (Lipinski definition) is 3. The van der Waals surface area contributed by atoms with Gasteiger partial charge in [-0.1, -0.05) is 12.1 Å². The minimum absolute atomic E-state index is 0.0381. The molecule has 1 atom stereocenters. The van der Waals surface area contributed by atoms with Gasteiger partial charge >= 0.3 is 6.18 Å². The molecule has 1 saturated heterocycles. The Morgan fingerprint density at radius 2 is 1.91 bits per heavy atom. The first-order valence-corrected chi connectivity index (χ1v) is 6.62. The van der Waals surface area contributed by atoms with Gasteiger partial charge in [0.05, 0.1) is 25.1 Å². The van der Waals surface area contributed by atoms with Crippen LogP contribution in [0.1, 0.15) is 11.1 Å². The van der Waals surface area contributed by atoms with Gasteiger partial charge in [0.1, 0.15) is 0 Å². The maximum absolute atomic E-state index is 12.5. The molecule has 0 spiro atoms. The van der Waals surface area contributed by atoms with Crippen LogP contribution in [0, 0.1) is 0 Å². The first-order chi connectivity index (χ1) is 10.3. The van der Waals surface area contributed by atoms with Crippen molar-refractivity contribution in [2.75, 3.05) is 19.7 Å². The molecular weight excluding hydrogens is 301 g/mol. The van der Waals surface area contributed by atoms with E-state index in [9.17, 15) is 22.8 Å². The molecule has 2 amide bonds. The number of nitrogens with zero attached hydrogens (tertiary/aromatic N) is 1. The Hall–Kier alpha value is -2.09. The van der Waals surface area contributed by atoms with Crippen LogP contribution in [-0.4, -0.2) is 42.5 Å². The quantitative estimate of drug-likeness (QED) is 0.903. The van der Waals surface area contributed by atoms with Crippen LogP contribution in [0.5, 0.6) is 0 Å². The van der Waals surface area contributed by atoms with Crippen molar-refractivity contribution >= 4 is 11.8 Å². The van der Waals surface area contributed by atoms with Crippen molar-refractivity contribution in [2.24, 2.45) is 5.73 Å². The van der Waals surface area contributed by atoms with E-state index in [2.05, 4.69) is 0 Å². The number of ether oxygens (including phenoxy) is 1. The van der Waals surface area contributed by atoms with Gasteiger partial charge in [-0.05, 0) is 17.7 Å². The Kier molecular flexibility index (Phi) is 4.70. The van der Waals surface area contributed by atoms with Crippen LogP contribution in [0.15, 0.2) is 24.3 Å². The monoisotopic (exact) mass is 316 g/mol. The Bertz CT molecular complexity index is 557. The fourth-order valence-electron chi connectivity index (χ4n) is 2.15. The van der Waals surface area contributed by atoms with Crippen molar-refractivity contribution in [1.29, 1.82) is 0 Å². The van der Waals surface area contributed by atoms with E-state index in [-0.39, 0.29) is 25.5 Å². The molecule has 5 nitrogen and oxygen atoms in total. The molecule has 0 aromatic heterocycles. The first-order valence-electron chi connectivity index (χ1n) is 6.62. The minimum Gasteiger partial charge on any atom is -0.367 e. The van der Waals surface area contributed by atoms with Gasteiger partial charge in [-0.3, -0.25) is 9.59 Å². The molecule has 1 aliphatic rings.